The SMILES string of the molecule is CN=C(NCCNS(=O)(=O)c1ccccc1)N(C)Cc1cc(Br)cn1C.I. The number of nitrogens with zero attached hydrogens (tertiary/aromatic N) is 3. The molecule has 1 heterocycles. The van der Waals surface area contributed by atoms with Crippen molar-refractivity contribution in [2.75, 3.05) is 27.2 Å². The van der Waals surface area contributed by atoms with E-state index in [0.717, 1.165) is 10.2 Å². The van der Waals surface area contributed by atoms with Gasteiger partial charge in [-0.05, 0) is 34.1 Å². The Kier molecular flexibility index (Phi) is 9.77. The lowest BCUT2D eigenvalue weighted by molar-refractivity contribution is 0.462. The molecule has 0 aliphatic rings. The Labute approximate surface area is 186 Å². The highest BCUT2D eigenvalue weighted by Gasteiger charge is 2.13. The van der Waals surface area contributed by atoms with E-state index in [1.807, 2.05) is 29.8 Å². The molecule has 1 aromatic carbocycles. The summed E-state index contributed by atoms with van der Waals surface area (Å²) in [5.41, 5.74) is 1.13. The quantitative estimate of drug-likeness (QED) is 0.232. The van der Waals surface area contributed by atoms with Gasteiger partial charge in [-0.15, -0.1) is 24.0 Å². The molecule has 2 aromatic rings. The Morgan fingerprint density at radius 3 is 2.48 bits per heavy atom. The molecule has 0 bridgehead atoms. The Bertz CT molecular complexity index is 855. The van der Waals surface area contributed by atoms with Gasteiger partial charge in [-0.25, -0.2) is 13.1 Å². The van der Waals surface area contributed by atoms with Crippen LogP contribution < -0.4 is 10.0 Å². The number of hydrogen-bond acceptors (Lipinski definition) is 3. The van der Waals surface area contributed by atoms with Gasteiger partial charge in [0, 0.05) is 50.6 Å². The van der Waals surface area contributed by atoms with Crippen LogP contribution in [0.2, 0.25) is 0 Å². The first kappa shape index (κ1) is 23.9. The number of nitrogens with one attached hydrogen (secondary N) is 2. The zero-order valence-electron chi connectivity index (χ0n) is 15.5. The Balaban J connectivity index is 0.00000364. The molecule has 2 rings (SSSR count). The number of aryl methyl sites for hydroxylation is 1. The second kappa shape index (κ2) is 11.0. The lowest BCUT2D eigenvalue weighted by Gasteiger charge is -2.22. The number of guanidine groups is 1. The third-order valence-corrected chi connectivity index (χ3v) is 5.71. The molecular weight excluding hydrogens is 545 g/mol. The fraction of sp³-hybridized carbons (Fsp3) is 0.353. The van der Waals surface area contributed by atoms with Gasteiger partial charge in [-0.3, -0.25) is 4.99 Å². The van der Waals surface area contributed by atoms with E-state index in [4.69, 9.17) is 0 Å². The van der Waals surface area contributed by atoms with E-state index < -0.39 is 10.0 Å². The highest BCUT2D eigenvalue weighted by atomic mass is 127. The summed E-state index contributed by atoms with van der Waals surface area (Å²) in [6.07, 6.45) is 2.00. The van der Waals surface area contributed by atoms with E-state index in [1.165, 1.54) is 0 Å². The van der Waals surface area contributed by atoms with Crippen LogP contribution in [-0.4, -0.2) is 51.0 Å². The molecule has 7 nitrogen and oxygen atoms in total. The average molecular weight is 570 g/mol. The third kappa shape index (κ3) is 7.09. The highest BCUT2D eigenvalue weighted by Crippen LogP contribution is 2.14. The fourth-order valence-corrected chi connectivity index (χ4v) is 4.09. The van der Waals surface area contributed by atoms with Crippen LogP contribution in [0.4, 0.5) is 0 Å². The largest absolute Gasteiger partial charge is 0.355 e. The number of sulfonamides is 1. The Morgan fingerprint density at radius 1 is 1.26 bits per heavy atom. The van der Waals surface area contributed by atoms with Crippen molar-refractivity contribution in [1.29, 1.82) is 0 Å². The maximum absolute atomic E-state index is 12.2. The minimum atomic E-state index is -3.49. The number of aromatic nitrogens is 1. The molecule has 0 spiro atoms. The molecule has 27 heavy (non-hydrogen) atoms. The number of rotatable bonds is 7. The first-order chi connectivity index (χ1) is 12.3. The normalized spacial score (nSPS) is 11.8. The predicted octanol–water partition coefficient (Wildman–Crippen LogP) is 2.39. The van der Waals surface area contributed by atoms with Gasteiger partial charge >= 0.3 is 0 Å². The Morgan fingerprint density at radius 2 is 1.93 bits per heavy atom. The van der Waals surface area contributed by atoms with Crippen LogP contribution in [0, 0.1) is 0 Å². The van der Waals surface area contributed by atoms with Crippen LogP contribution in [0.1, 0.15) is 5.69 Å². The van der Waals surface area contributed by atoms with E-state index in [-0.39, 0.29) is 35.4 Å². The number of hydrogen-bond donors (Lipinski definition) is 2. The smallest absolute Gasteiger partial charge is 0.240 e. The summed E-state index contributed by atoms with van der Waals surface area (Å²) in [5, 5.41) is 3.17. The van der Waals surface area contributed by atoms with Crippen molar-refractivity contribution in [3.63, 3.8) is 0 Å². The van der Waals surface area contributed by atoms with Gasteiger partial charge in [0.1, 0.15) is 0 Å². The standard InChI is InChI=1S/C17H24BrN5O2S.HI/c1-19-17(23(3)13-15-11-14(18)12-22(15)2)20-9-10-21-26(24,25)16-7-5-4-6-8-16;/h4-8,11-12,21H,9-10,13H2,1-3H3,(H,19,20);1H. The van der Waals surface area contributed by atoms with Crippen LogP contribution in [0.25, 0.3) is 0 Å². The molecular formula is C17H25BrIN5O2S. The summed E-state index contributed by atoms with van der Waals surface area (Å²) in [5.74, 6) is 0.696. The topological polar surface area (TPSA) is 78.7 Å². The minimum Gasteiger partial charge on any atom is -0.355 e. The highest BCUT2D eigenvalue weighted by molar-refractivity contribution is 14.0. The van der Waals surface area contributed by atoms with Crippen LogP contribution in [0.5, 0.6) is 0 Å². The van der Waals surface area contributed by atoms with Gasteiger partial charge in [0.15, 0.2) is 5.96 Å². The van der Waals surface area contributed by atoms with Crippen molar-refractivity contribution in [3.05, 3.63) is 52.8 Å². The summed E-state index contributed by atoms with van der Waals surface area (Å²) in [7, 11) is 2.14. The van der Waals surface area contributed by atoms with Gasteiger partial charge in [0.2, 0.25) is 10.0 Å². The zero-order chi connectivity index (χ0) is 19.2. The molecule has 0 atom stereocenters. The van der Waals surface area contributed by atoms with Crippen LogP contribution in [0.3, 0.4) is 0 Å². The van der Waals surface area contributed by atoms with Gasteiger partial charge < -0.3 is 14.8 Å². The van der Waals surface area contributed by atoms with E-state index in [0.29, 0.717) is 19.0 Å². The van der Waals surface area contributed by atoms with Gasteiger partial charge in [0.05, 0.1) is 11.4 Å². The first-order valence-electron chi connectivity index (χ1n) is 8.10. The molecule has 150 valence electrons. The molecule has 0 aliphatic heterocycles. The van der Waals surface area contributed by atoms with Crippen molar-refractivity contribution in [1.82, 2.24) is 19.5 Å². The molecule has 0 saturated carbocycles. The van der Waals surface area contributed by atoms with Crippen LogP contribution >= 0.6 is 39.9 Å². The van der Waals surface area contributed by atoms with Gasteiger partial charge in [-0.2, -0.15) is 0 Å². The summed E-state index contributed by atoms with van der Waals surface area (Å²) in [6, 6.07) is 10.4. The van der Waals surface area contributed by atoms with E-state index in [2.05, 4.69) is 37.0 Å². The first-order valence-corrected chi connectivity index (χ1v) is 10.4. The molecule has 10 heteroatoms. The van der Waals surface area contributed by atoms with Crippen molar-refractivity contribution in [3.8, 4) is 0 Å². The maximum atomic E-state index is 12.2. The van der Waals surface area contributed by atoms with Crippen molar-refractivity contribution in [2.24, 2.45) is 12.0 Å². The Hall–Kier alpha value is -1.11. The molecule has 0 fully saturated rings. The van der Waals surface area contributed by atoms with Crippen molar-refractivity contribution in [2.45, 2.75) is 11.4 Å². The molecule has 0 aliphatic carbocycles. The van der Waals surface area contributed by atoms with E-state index >= 15 is 0 Å². The molecule has 0 saturated heterocycles. The zero-order valence-corrected chi connectivity index (χ0v) is 20.2. The monoisotopic (exact) mass is 569 g/mol. The van der Waals surface area contributed by atoms with Crippen molar-refractivity contribution < 1.29 is 8.42 Å². The number of aliphatic imine (C=N–C) groups is 1. The van der Waals surface area contributed by atoms with Crippen LogP contribution in [0.15, 0.2) is 57.0 Å². The van der Waals surface area contributed by atoms with Gasteiger partial charge in [0.25, 0.3) is 0 Å². The molecule has 1 aromatic heterocycles. The average Bonchev–Trinajstić information content (AvgIpc) is 2.92. The summed E-state index contributed by atoms with van der Waals surface area (Å²) in [4.78, 5) is 6.49. The molecule has 0 amide bonds. The maximum Gasteiger partial charge on any atom is 0.240 e. The third-order valence-electron chi connectivity index (χ3n) is 3.80. The van der Waals surface area contributed by atoms with E-state index in [1.54, 1.807) is 37.4 Å². The van der Waals surface area contributed by atoms with Crippen LogP contribution in [-0.2, 0) is 23.6 Å². The minimum absolute atomic E-state index is 0. The predicted molar refractivity (Wildman–Crippen MR) is 123 cm³/mol. The summed E-state index contributed by atoms with van der Waals surface area (Å²) < 4.78 is 30.0. The number of benzene rings is 1. The summed E-state index contributed by atoms with van der Waals surface area (Å²) >= 11 is 3.47. The second-order valence-corrected chi connectivity index (χ2v) is 8.48. The summed E-state index contributed by atoms with van der Waals surface area (Å²) in [6.45, 7) is 1.37. The van der Waals surface area contributed by atoms with Gasteiger partial charge in [-0.1, -0.05) is 18.2 Å². The number of halogens is 2. The molecule has 0 unspecified atom stereocenters. The second-order valence-electron chi connectivity index (χ2n) is 5.80. The molecule has 2 N–H and O–H groups in total. The molecule has 0 radical (unpaired) electrons. The van der Waals surface area contributed by atoms with E-state index in [9.17, 15) is 8.42 Å². The lowest BCUT2D eigenvalue weighted by Crippen LogP contribution is -2.42. The van der Waals surface area contributed by atoms with Crippen molar-refractivity contribution >= 4 is 55.9 Å². The fourth-order valence-electron chi connectivity index (χ4n) is 2.47. The lowest BCUT2D eigenvalue weighted by atomic mass is 10.4.